The number of nitrogens with two attached hydrogens (primary N) is 1. The van der Waals surface area contributed by atoms with E-state index in [0.717, 1.165) is 12.5 Å². The van der Waals surface area contributed by atoms with Crippen LogP contribution < -0.4 is 21.3 Å². The van der Waals surface area contributed by atoms with Crippen LogP contribution in [0.5, 0.6) is 5.75 Å². The third-order valence-corrected chi connectivity index (χ3v) is 4.25. The summed E-state index contributed by atoms with van der Waals surface area (Å²) in [5.41, 5.74) is 2.52. The molecule has 0 unspecified atom stereocenters. The maximum absolute atomic E-state index is 5.42. The third-order valence-electron chi connectivity index (χ3n) is 4.25. The molecule has 1 heterocycles. The number of rotatable bonds is 6. The highest BCUT2D eigenvalue weighted by Crippen LogP contribution is 2.32. The molecule has 1 fully saturated rings. The highest BCUT2D eigenvalue weighted by molar-refractivity contribution is 5.62. The lowest BCUT2D eigenvalue weighted by Gasteiger charge is -2.28. The van der Waals surface area contributed by atoms with Crippen LogP contribution in [0.15, 0.2) is 6.33 Å². The van der Waals surface area contributed by atoms with Gasteiger partial charge in [-0.1, -0.05) is 26.2 Å². The van der Waals surface area contributed by atoms with Crippen molar-refractivity contribution in [2.24, 2.45) is 17.7 Å². The Kier molecular flexibility index (Phi) is 5.40. The molecule has 0 aliphatic heterocycles. The van der Waals surface area contributed by atoms with Crippen LogP contribution in [-0.2, 0) is 0 Å². The highest BCUT2D eigenvalue weighted by Gasteiger charge is 2.20. The van der Waals surface area contributed by atoms with Crippen molar-refractivity contribution in [3.05, 3.63) is 6.33 Å². The Morgan fingerprint density at radius 2 is 1.85 bits per heavy atom. The van der Waals surface area contributed by atoms with Crippen LogP contribution in [0.1, 0.15) is 39.0 Å². The van der Waals surface area contributed by atoms with E-state index in [-0.39, 0.29) is 0 Å². The first-order chi connectivity index (χ1) is 9.78. The van der Waals surface area contributed by atoms with Crippen molar-refractivity contribution in [1.29, 1.82) is 0 Å². The number of nitrogen functional groups attached to an aromatic ring is 1. The van der Waals surface area contributed by atoms with Crippen LogP contribution in [0.4, 0.5) is 11.6 Å². The minimum Gasteiger partial charge on any atom is -0.490 e. The number of anilines is 2. The zero-order valence-corrected chi connectivity index (χ0v) is 12.4. The minimum absolute atomic E-state index is 0.500. The molecule has 1 aliphatic rings. The van der Waals surface area contributed by atoms with Gasteiger partial charge in [0.2, 0.25) is 5.75 Å². The molecule has 1 aliphatic carbocycles. The summed E-state index contributed by atoms with van der Waals surface area (Å²) >= 11 is 0. The van der Waals surface area contributed by atoms with E-state index in [1.165, 1.54) is 38.4 Å². The smallest absolute Gasteiger partial charge is 0.205 e. The Morgan fingerprint density at radius 3 is 2.45 bits per heavy atom. The molecular formula is C14H25N5O. The molecule has 0 aromatic carbocycles. The number of methoxy groups -OCH3 is 1. The molecule has 1 aromatic rings. The summed E-state index contributed by atoms with van der Waals surface area (Å²) in [4.78, 5) is 8.26. The molecule has 6 nitrogen and oxygen atoms in total. The molecule has 0 atom stereocenters. The number of nitrogens with one attached hydrogen (secondary N) is 2. The number of aromatic nitrogens is 2. The topological polar surface area (TPSA) is 85.1 Å². The number of hydrogen-bond donors (Lipinski definition) is 3. The first kappa shape index (κ1) is 14.8. The van der Waals surface area contributed by atoms with Crippen molar-refractivity contribution < 1.29 is 4.74 Å². The summed E-state index contributed by atoms with van der Waals surface area (Å²) in [6.45, 7) is 3.21. The zero-order chi connectivity index (χ0) is 14.4. The quantitative estimate of drug-likeness (QED) is 0.547. The number of ether oxygens (including phenoxy) is 1. The van der Waals surface area contributed by atoms with Gasteiger partial charge in [-0.15, -0.1) is 0 Å². The Bertz CT molecular complexity index is 418. The van der Waals surface area contributed by atoms with Gasteiger partial charge in [0.15, 0.2) is 11.6 Å². The van der Waals surface area contributed by atoms with Crippen LogP contribution in [-0.4, -0.2) is 23.6 Å². The Hall–Kier alpha value is -1.56. The second kappa shape index (κ2) is 7.28. The maximum Gasteiger partial charge on any atom is 0.205 e. The lowest BCUT2D eigenvalue weighted by Crippen LogP contribution is -2.22. The highest BCUT2D eigenvalue weighted by atomic mass is 16.5. The van der Waals surface area contributed by atoms with Gasteiger partial charge in [0.25, 0.3) is 0 Å². The SMILES string of the molecule is CCC1CCC(CNc2ncnc(NN)c2OC)CC1. The first-order valence-corrected chi connectivity index (χ1v) is 7.37. The van der Waals surface area contributed by atoms with Crippen molar-refractivity contribution in [2.75, 3.05) is 24.4 Å². The standard InChI is InChI=1S/C14H25N5O/c1-3-10-4-6-11(7-5-10)8-16-13-12(20-2)14(19-15)18-9-17-13/h9-11H,3-8,15H2,1-2H3,(H2,16,17,18,19). The summed E-state index contributed by atoms with van der Waals surface area (Å²) in [5, 5.41) is 3.37. The largest absolute Gasteiger partial charge is 0.490 e. The van der Waals surface area contributed by atoms with Gasteiger partial charge in [0, 0.05) is 6.54 Å². The average Bonchev–Trinajstić information content (AvgIpc) is 2.52. The van der Waals surface area contributed by atoms with Crippen molar-refractivity contribution >= 4 is 11.6 Å². The Morgan fingerprint density at radius 1 is 1.20 bits per heavy atom. The summed E-state index contributed by atoms with van der Waals surface area (Å²) in [6.07, 6.45) is 8.07. The van der Waals surface area contributed by atoms with Crippen molar-refractivity contribution in [3.8, 4) is 5.75 Å². The molecule has 0 spiro atoms. The monoisotopic (exact) mass is 279 g/mol. The predicted octanol–water partition coefficient (Wildman–Crippen LogP) is 2.40. The maximum atomic E-state index is 5.42. The fourth-order valence-electron chi connectivity index (χ4n) is 2.88. The van der Waals surface area contributed by atoms with E-state index >= 15 is 0 Å². The normalized spacial score (nSPS) is 22.4. The molecule has 112 valence electrons. The molecule has 0 bridgehead atoms. The summed E-state index contributed by atoms with van der Waals surface area (Å²) < 4.78 is 5.31. The zero-order valence-electron chi connectivity index (χ0n) is 12.4. The van der Waals surface area contributed by atoms with Crippen molar-refractivity contribution in [2.45, 2.75) is 39.0 Å². The van der Waals surface area contributed by atoms with Crippen LogP contribution in [0.3, 0.4) is 0 Å². The van der Waals surface area contributed by atoms with E-state index in [2.05, 4.69) is 27.6 Å². The van der Waals surface area contributed by atoms with E-state index in [1.54, 1.807) is 7.11 Å². The number of hydrazine groups is 1. The third kappa shape index (κ3) is 3.50. The Labute approximate surface area is 120 Å². The molecule has 0 amide bonds. The molecular weight excluding hydrogens is 254 g/mol. The van der Waals surface area contributed by atoms with Crippen molar-refractivity contribution in [1.82, 2.24) is 9.97 Å². The van der Waals surface area contributed by atoms with Gasteiger partial charge < -0.3 is 15.5 Å². The number of nitrogens with zero attached hydrogens (tertiary/aromatic N) is 2. The van der Waals surface area contributed by atoms with Gasteiger partial charge in [0.1, 0.15) is 6.33 Å². The van der Waals surface area contributed by atoms with E-state index < -0.39 is 0 Å². The van der Waals surface area contributed by atoms with E-state index in [4.69, 9.17) is 10.6 Å². The van der Waals surface area contributed by atoms with E-state index in [0.29, 0.717) is 23.3 Å². The van der Waals surface area contributed by atoms with Crippen LogP contribution in [0.2, 0.25) is 0 Å². The van der Waals surface area contributed by atoms with Crippen LogP contribution in [0, 0.1) is 11.8 Å². The molecule has 20 heavy (non-hydrogen) atoms. The fourth-order valence-corrected chi connectivity index (χ4v) is 2.88. The molecule has 2 rings (SSSR count). The summed E-state index contributed by atoms with van der Waals surface area (Å²) in [6, 6.07) is 0. The van der Waals surface area contributed by atoms with E-state index in [9.17, 15) is 0 Å². The first-order valence-electron chi connectivity index (χ1n) is 7.37. The minimum atomic E-state index is 0.500. The van der Waals surface area contributed by atoms with Crippen LogP contribution >= 0.6 is 0 Å². The van der Waals surface area contributed by atoms with Gasteiger partial charge in [-0.25, -0.2) is 15.8 Å². The molecule has 6 heteroatoms. The molecule has 4 N–H and O–H groups in total. The molecule has 0 saturated heterocycles. The van der Waals surface area contributed by atoms with E-state index in [1.807, 2.05) is 0 Å². The van der Waals surface area contributed by atoms with Gasteiger partial charge in [0.05, 0.1) is 7.11 Å². The molecule has 1 aromatic heterocycles. The summed E-state index contributed by atoms with van der Waals surface area (Å²) in [7, 11) is 1.59. The van der Waals surface area contributed by atoms with Crippen LogP contribution in [0.25, 0.3) is 0 Å². The molecule has 1 saturated carbocycles. The average molecular weight is 279 g/mol. The second-order valence-corrected chi connectivity index (χ2v) is 5.42. The summed E-state index contributed by atoms with van der Waals surface area (Å²) in [5.74, 6) is 8.82. The van der Waals surface area contributed by atoms with Gasteiger partial charge in [-0.2, -0.15) is 0 Å². The lowest BCUT2D eigenvalue weighted by molar-refractivity contribution is 0.278. The van der Waals surface area contributed by atoms with Crippen molar-refractivity contribution in [3.63, 3.8) is 0 Å². The number of hydrogen-bond acceptors (Lipinski definition) is 6. The van der Waals surface area contributed by atoms with Gasteiger partial charge >= 0.3 is 0 Å². The van der Waals surface area contributed by atoms with Gasteiger partial charge in [-0.3, -0.25) is 0 Å². The molecule has 0 radical (unpaired) electrons. The fraction of sp³-hybridized carbons (Fsp3) is 0.714. The van der Waals surface area contributed by atoms with Gasteiger partial charge in [-0.05, 0) is 24.7 Å². The Balaban J connectivity index is 1.91. The second-order valence-electron chi connectivity index (χ2n) is 5.42. The predicted molar refractivity (Wildman–Crippen MR) is 80.6 cm³/mol. The lowest BCUT2D eigenvalue weighted by atomic mass is 9.81.